The third kappa shape index (κ3) is 10.2. The topological polar surface area (TPSA) is 254 Å². The van der Waals surface area contributed by atoms with Gasteiger partial charge in [0.1, 0.15) is 18.1 Å². The van der Waals surface area contributed by atoms with E-state index in [-0.39, 0.29) is 12.3 Å². The average Bonchev–Trinajstić information content (AvgIpc) is 3.27. The van der Waals surface area contributed by atoms with E-state index in [0.717, 1.165) is 0 Å². The summed E-state index contributed by atoms with van der Waals surface area (Å²) in [5, 5.41) is 33.9. The molecule has 15 heteroatoms. The number of hydrogen-bond donors (Lipinski definition) is 8. The van der Waals surface area contributed by atoms with Crippen molar-refractivity contribution >= 4 is 35.6 Å². The molecule has 15 nitrogen and oxygen atoms in total. The molecule has 0 radical (unpaired) electrons. The number of carboxylic acids is 3. The van der Waals surface area contributed by atoms with E-state index in [4.69, 9.17) is 15.9 Å². The first-order valence-corrected chi connectivity index (χ1v) is 10.6. The number of aromatic nitrogens is 2. The van der Waals surface area contributed by atoms with Crippen LogP contribution in [0.15, 0.2) is 12.5 Å². The largest absolute Gasteiger partial charge is 0.481 e. The highest BCUT2D eigenvalue weighted by atomic mass is 16.4. The molecule has 0 aliphatic rings. The number of H-pyrrole nitrogens is 1. The lowest BCUT2D eigenvalue weighted by Gasteiger charge is -2.25. The number of nitrogens with one attached hydrogen (secondary N) is 4. The van der Waals surface area contributed by atoms with E-state index in [0.29, 0.717) is 5.69 Å². The lowest BCUT2D eigenvalue weighted by molar-refractivity contribution is -0.144. The molecule has 0 bridgehead atoms. The number of carboxylic acid groups (broad SMARTS) is 3. The first-order chi connectivity index (χ1) is 16.3. The molecule has 4 atom stereocenters. The number of hydrogen-bond acceptors (Lipinski definition) is 8. The molecule has 194 valence electrons. The molecule has 1 heterocycles. The van der Waals surface area contributed by atoms with Crippen LogP contribution in [-0.2, 0) is 35.2 Å². The van der Waals surface area contributed by atoms with Gasteiger partial charge in [-0.1, -0.05) is 13.8 Å². The lowest BCUT2D eigenvalue weighted by Crippen LogP contribution is -2.58. The molecule has 1 aromatic heterocycles. The Morgan fingerprint density at radius 2 is 1.49 bits per heavy atom. The Labute approximate surface area is 199 Å². The molecule has 1 rings (SSSR count). The van der Waals surface area contributed by atoms with Crippen LogP contribution in [0.1, 0.15) is 38.8 Å². The predicted molar refractivity (Wildman–Crippen MR) is 118 cm³/mol. The Morgan fingerprint density at radius 3 is 1.97 bits per heavy atom. The number of aromatic amines is 1. The number of amides is 3. The van der Waals surface area contributed by atoms with E-state index in [2.05, 4.69) is 20.6 Å². The molecular weight excluding hydrogens is 468 g/mol. The second-order valence-electron chi connectivity index (χ2n) is 8.10. The molecule has 4 unspecified atom stereocenters. The van der Waals surface area contributed by atoms with E-state index >= 15 is 0 Å². The summed E-state index contributed by atoms with van der Waals surface area (Å²) >= 11 is 0. The fourth-order valence-corrected chi connectivity index (χ4v) is 2.85. The van der Waals surface area contributed by atoms with Gasteiger partial charge < -0.3 is 42.0 Å². The van der Waals surface area contributed by atoms with Gasteiger partial charge in [-0.3, -0.25) is 24.0 Å². The van der Waals surface area contributed by atoms with Gasteiger partial charge in [0.25, 0.3) is 0 Å². The molecule has 0 fully saturated rings. The number of carbonyl (C=O) groups is 6. The Balaban J connectivity index is 3.06. The predicted octanol–water partition coefficient (Wildman–Crippen LogP) is -2.19. The molecular formula is C20H30N6O9. The molecule has 9 N–H and O–H groups in total. The molecule has 0 saturated carbocycles. The normalized spacial score (nSPS) is 14.3. The van der Waals surface area contributed by atoms with Crippen molar-refractivity contribution in [3.63, 3.8) is 0 Å². The Bertz CT molecular complexity index is 918. The van der Waals surface area contributed by atoms with Gasteiger partial charge in [-0.15, -0.1) is 0 Å². The van der Waals surface area contributed by atoms with Crippen molar-refractivity contribution in [2.45, 2.75) is 63.7 Å². The summed E-state index contributed by atoms with van der Waals surface area (Å²) in [6.07, 6.45) is 0.711. The van der Waals surface area contributed by atoms with E-state index in [1.165, 1.54) is 12.5 Å². The van der Waals surface area contributed by atoms with Crippen LogP contribution in [0.2, 0.25) is 0 Å². The van der Waals surface area contributed by atoms with Crippen molar-refractivity contribution in [1.82, 2.24) is 25.9 Å². The molecule has 0 aliphatic carbocycles. The van der Waals surface area contributed by atoms with Crippen LogP contribution in [0.3, 0.4) is 0 Å². The maximum atomic E-state index is 13.0. The lowest BCUT2D eigenvalue weighted by atomic mass is 10.0. The molecule has 0 aromatic carbocycles. The maximum Gasteiger partial charge on any atom is 0.326 e. The second-order valence-corrected chi connectivity index (χ2v) is 8.10. The van der Waals surface area contributed by atoms with Crippen LogP contribution in [0.4, 0.5) is 0 Å². The van der Waals surface area contributed by atoms with E-state index in [9.17, 15) is 33.9 Å². The smallest absolute Gasteiger partial charge is 0.326 e. The van der Waals surface area contributed by atoms with Crippen molar-refractivity contribution in [3.05, 3.63) is 18.2 Å². The van der Waals surface area contributed by atoms with Crippen molar-refractivity contribution in [1.29, 1.82) is 0 Å². The fraction of sp³-hybridized carbons (Fsp3) is 0.550. The number of nitrogens with zero attached hydrogens (tertiary/aromatic N) is 1. The number of aliphatic carboxylic acids is 3. The summed E-state index contributed by atoms with van der Waals surface area (Å²) in [6, 6.07) is -5.57. The highest BCUT2D eigenvalue weighted by Crippen LogP contribution is 2.05. The Morgan fingerprint density at radius 1 is 0.914 bits per heavy atom. The van der Waals surface area contributed by atoms with E-state index < -0.39 is 79.1 Å². The summed E-state index contributed by atoms with van der Waals surface area (Å²) in [6.45, 7) is 3.40. The zero-order valence-corrected chi connectivity index (χ0v) is 19.2. The minimum atomic E-state index is -1.72. The standard InChI is InChI=1S/C20H30N6O9/c1-9(2)16(21)19(33)26-12(5-10-7-22-8-23-10)17(31)25-13(6-15(29)30)18(32)24-11(20(34)35)3-4-14(27)28/h7-9,11-13,16H,3-6,21H2,1-2H3,(H,22,23)(H,24,32)(H,25,31)(H,26,33)(H,27,28)(H,29,30)(H,34,35). The average molecular weight is 498 g/mol. The first kappa shape index (κ1) is 29.0. The minimum absolute atomic E-state index is 0.0971. The van der Waals surface area contributed by atoms with Crippen LogP contribution in [0.5, 0.6) is 0 Å². The molecule has 0 aliphatic heterocycles. The van der Waals surface area contributed by atoms with Gasteiger partial charge in [0.15, 0.2) is 0 Å². The Kier molecular flexibility index (Phi) is 11.3. The van der Waals surface area contributed by atoms with Crippen molar-refractivity contribution < 1.29 is 44.1 Å². The van der Waals surface area contributed by atoms with Crippen LogP contribution < -0.4 is 21.7 Å². The number of rotatable bonds is 15. The highest BCUT2D eigenvalue weighted by molar-refractivity contribution is 5.95. The fourth-order valence-electron chi connectivity index (χ4n) is 2.85. The Hall–Kier alpha value is -4.01. The van der Waals surface area contributed by atoms with Crippen molar-refractivity contribution in [3.8, 4) is 0 Å². The number of carbonyl (C=O) groups excluding carboxylic acids is 3. The molecule has 0 saturated heterocycles. The van der Waals surface area contributed by atoms with Crippen LogP contribution in [0.25, 0.3) is 0 Å². The second kappa shape index (κ2) is 13.6. The third-order valence-electron chi connectivity index (χ3n) is 4.91. The summed E-state index contributed by atoms with van der Waals surface area (Å²) in [4.78, 5) is 78.0. The van der Waals surface area contributed by atoms with Gasteiger partial charge in [-0.25, -0.2) is 9.78 Å². The zero-order chi connectivity index (χ0) is 26.7. The van der Waals surface area contributed by atoms with Crippen molar-refractivity contribution in [2.24, 2.45) is 11.7 Å². The number of imidazole rings is 1. The van der Waals surface area contributed by atoms with Gasteiger partial charge in [0, 0.05) is 24.7 Å². The highest BCUT2D eigenvalue weighted by Gasteiger charge is 2.32. The van der Waals surface area contributed by atoms with Crippen LogP contribution >= 0.6 is 0 Å². The van der Waals surface area contributed by atoms with Crippen molar-refractivity contribution in [2.75, 3.05) is 0 Å². The van der Waals surface area contributed by atoms with Crippen LogP contribution in [0, 0.1) is 5.92 Å². The summed E-state index contributed by atoms with van der Waals surface area (Å²) < 4.78 is 0. The SMILES string of the molecule is CC(C)C(N)C(=O)NC(Cc1cnc[nH]1)C(=O)NC(CC(=O)O)C(=O)NC(CCC(=O)O)C(=O)O. The minimum Gasteiger partial charge on any atom is -0.481 e. The van der Waals surface area contributed by atoms with Gasteiger partial charge in [-0.2, -0.15) is 0 Å². The molecule has 35 heavy (non-hydrogen) atoms. The number of nitrogens with two attached hydrogens (primary N) is 1. The quantitative estimate of drug-likeness (QED) is 0.129. The van der Waals surface area contributed by atoms with Gasteiger partial charge in [0.2, 0.25) is 17.7 Å². The van der Waals surface area contributed by atoms with Gasteiger partial charge >= 0.3 is 17.9 Å². The van der Waals surface area contributed by atoms with E-state index in [1.807, 2.05) is 5.32 Å². The van der Waals surface area contributed by atoms with Gasteiger partial charge in [0.05, 0.1) is 18.8 Å². The molecule has 0 spiro atoms. The summed E-state index contributed by atoms with van der Waals surface area (Å²) in [5.74, 6) is -7.29. The zero-order valence-electron chi connectivity index (χ0n) is 19.2. The third-order valence-corrected chi connectivity index (χ3v) is 4.91. The summed E-state index contributed by atoms with van der Waals surface area (Å²) in [5.41, 5.74) is 6.27. The van der Waals surface area contributed by atoms with E-state index in [1.54, 1.807) is 13.8 Å². The first-order valence-electron chi connectivity index (χ1n) is 10.6. The maximum absolute atomic E-state index is 13.0. The summed E-state index contributed by atoms with van der Waals surface area (Å²) in [7, 11) is 0. The van der Waals surface area contributed by atoms with Crippen LogP contribution in [-0.4, -0.2) is 85.1 Å². The molecule has 3 amide bonds. The van der Waals surface area contributed by atoms with Gasteiger partial charge in [-0.05, 0) is 12.3 Å². The monoisotopic (exact) mass is 498 g/mol. The molecule has 1 aromatic rings.